The number of para-hydroxylation sites is 1. The number of pyridine rings is 1. The van der Waals surface area contributed by atoms with Crippen LogP contribution < -0.4 is 4.74 Å². The van der Waals surface area contributed by atoms with Gasteiger partial charge in [0.25, 0.3) is 5.91 Å². The van der Waals surface area contributed by atoms with Gasteiger partial charge in [0.2, 0.25) is 0 Å². The van der Waals surface area contributed by atoms with E-state index in [1.807, 2.05) is 59.5 Å². The van der Waals surface area contributed by atoms with E-state index in [1.54, 1.807) is 12.3 Å². The van der Waals surface area contributed by atoms with Gasteiger partial charge >= 0.3 is 0 Å². The Morgan fingerprint density at radius 2 is 2.00 bits per heavy atom. The molecule has 0 aliphatic carbocycles. The van der Waals surface area contributed by atoms with Gasteiger partial charge in [-0.1, -0.05) is 48.0 Å². The summed E-state index contributed by atoms with van der Waals surface area (Å²) in [6.45, 7) is 1.66. The molecule has 1 saturated heterocycles. The third-order valence-corrected chi connectivity index (χ3v) is 5.95. The number of aromatic amines is 1. The standard InChI is InChI=1S/C24H21ClN4O2/c25-20-7-3-4-8-22(20)31-15-18-13-21(28-27-18)17-10-12-29(14-17)24(30)23-19-6-2-1-5-16(19)9-11-26-23/h1-9,11,13,17H,10,12,14-15H2,(H,27,28). The van der Waals surface area contributed by atoms with Crippen LogP contribution in [0.5, 0.6) is 5.75 Å². The Morgan fingerprint density at radius 3 is 2.90 bits per heavy atom. The van der Waals surface area contributed by atoms with E-state index in [2.05, 4.69) is 15.2 Å². The van der Waals surface area contributed by atoms with Crippen LogP contribution in [-0.4, -0.2) is 39.1 Å². The average molecular weight is 433 g/mol. The van der Waals surface area contributed by atoms with Crippen molar-refractivity contribution >= 4 is 28.3 Å². The molecule has 1 aliphatic heterocycles. The van der Waals surface area contributed by atoms with Crippen LogP contribution in [0.1, 0.15) is 34.2 Å². The molecule has 4 aromatic rings. The van der Waals surface area contributed by atoms with E-state index in [9.17, 15) is 4.79 Å². The molecule has 1 aliphatic rings. The summed E-state index contributed by atoms with van der Waals surface area (Å²) in [6, 6.07) is 19.2. The molecule has 1 N–H and O–H groups in total. The van der Waals surface area contributed by atoms with E-state index < -0.39 is 0 Å². The minimum absolute atomic E-state index is 0.0305. The zero-order valence-electron chi connectivity index (χ0n) is 16.8. The van der Waals surface area contributed by atoms with E-state index in [4.69, 9.17) is 16.3 Å². The van der Waals surface area contributed by atoms with E-state index in [0.29, 0.717) is 36.2 Å². The number of halogens is 1. The van der Waals surface area contributed by atoms with Crippen molar-refractivity contribution in [2.24, 2.45) is 0 Å². The number of ether oxygens (including phenoxy) is 1. The second-order valence-electron chi connectivity index (χ2n) is 7.65. The minimum Gasteiger partial charge on any atom is -0.486 e. The number of H-pyrrole nitrogens is 1. The smallest absolute Gasteiger partial charge is 0.273 e. The Labute approximate surface area is 184 Å². The second-order valence-corrected chi connectivity index (χ2v) is 8.06. The maximum Gasteiger partial charge on any atom is 0.273 e. The molecule has 156 valence electrons. The summed E-state index contributed by atoms with van der Waals surface area (Å²) in [5.74, 6) is 0.793. The number of hydrogen-bond donors (Lipinski definition) is 1. The molecular weight excluding hydrogens is 412 g/mol. The van der Waals surface area contributed by atoms with Crippen LogP contribution in [0.2, 0.25) is 5.02 Å². The predicted molar refractivity (Wildman–Crippen MR) is 119 cm³/mol. The highest BCUT2D eigenvalue weighted by atomic mass is 35.5. The number of fused-ring (bicyclic) bond motifs is 1. The molecule has 5 rings (SSSR count). The van der Waals surface area contributed by atoms with Gasteiger partial charge in [-0.15, -0.1) is 0 Å². The number of rotatable bonds is 5. The maximum atomic E-state index is 13.1. The zero-order chi connectivity index (χ0) is 21.2. The molecule has 1 atom stereocenters. The lowest BCUT2D eigenvalue weighted by atomic mass is 10.1. The summed E-state index contributed by atoms with van der Waals surface area (Å²) >= 11 is 6.14. The van der Waals surface area contributed by atoms with Gasteiger partial charge in [-0.05, 0) is 36.1 Å². The summed E-state index contributed by atoms with van der Waals surface area (Å²) in [6.07, 6.45) is 2.56. The number of aromatic nitrogens is 3. The Balaban J connectivity index is 1.26. The van der Waals surface area contributed by atoms with Crippen molar-refractivity contribution in [1.82, 2.24) is 20.1 Å². The molecule has 7 heteroatoms. The van der Waals surface area contributed by atoms with Crippen LogP contribution in [0, 0.1) is 0 Å². The number of nitrogens with one attached hydrogen (secondary N) is 1. The van der Waals surface area contributed by atoms with Crippen LogP contribution >= 0.6 is 11.6 Å². The minimum atomic E-state index is -0.0305. The van der Waals surface area contributed by atoms with Crippen molar-refractivity contribution in [2.45, 2.75) is 18.9 Å². The number of carbonyl (C=O) groups is 1. The Kier molecular flexibility index (Phi) is 5.30. The second kappa shape index (κ2) is 8.40. The highest BCUT2D eigenvalue weighted by molar-refractivity contribution is 6.32. The van der Waals surface area contributed by atoms with E-state index in [0.717, 1.165) is 28.6 Å². The Bertz CT molecular complexity index is 1230. The van der Waals surface area contributed by atoms with Gasteiger partial charge in [-0.25, -0.2) is 0 Å². The van der Waals surface area contributed by atoms with Gasteiger partial charge in [0.15, 0.2) is 0 Å². The molecule has 2 aromatic carbocycles. The summed E-state index contributed by atoms with van der Waals surface area (Å²) in [4.78, 5) is 19.4. The summed E-state index contributed by atoms with van der Waals surface area (Å²) in [7, 11) is 0. The first kappa shape index (κ1) is 19.6. The van der Waals surface area contributed by atoms with Crippen LogP contribution in [0.3, 0.4) is 0 Å². The quantitative estimate of drug-likeness (QED) is 0.490. The summed E-state index contributed by atoms with van der Waals surface area (Å²) < 4.78 is 5.78. The zero-order valence-corrected chi connectivity index (χ0v) is 17.5. The average Bonchev–Trinajstić information content (AvgIpc) is 3.47. The van der Waals surface area contributed by atoms with Gasteiger partial charge in [-0.3, -0.25) is 14.9 Å². The van der Waals surface area contributed by atoms with Crippen molar-refractivity contribution in [3.63, 3.8) is 0 Å². The first-order chi connectivity index (χ1) is 15.2. The third-order valence-electron chi connectivity index (χ3n) is 5.64. The van der Waals surface area contributed by atoms with E-state index in [1.165, 1.54) is 0 Å². The monoisotopic (exact) mass is 432 g/mol. The fourth-order valence-corrected chi connectivity index (χ4v) is 4.20. The highest BCUT2D eigenvalue weighted by Gasteiger charge is 2.30. The first-order valence-electron chi connectivity index (χ1n) is 10.2. The topological polar surface area (TPSA) is 71.1 Å². The number of carbonyl (C=O) groups excluding carboxylic acids is 1. The predicted octanol–water partition coefficient (Wildman–Crippen LogP) is 4.82. The Hall–Kier alpha value is -3.38. The number of amides is 1. The molecular formula is C24H21ClN4O2. The van der Waals surface area contributed by atoms with Crippen molar-refractivity contribution in [2.75, 3.05) is 13.1 Å². The van der Waals surface area contributed by atoms with Crippen molar-refractivity contribution in [3.8, 4) is 5.75 Å². The molecule has 0 radical (unpaired) electrons. The highest BCUT2D eigenvalue weighted by Crippen LogP contribution is 2.29. The van der Waals surface area contributed by atoms with Crippen molar-refractivity contribution in [3.05, 3.63) is 89.0 Å². The summed E-state index contributed by atoms with van der Waals surface area (Å²) in [5, 5.41) is 9.98. The maximum absolute atomic E-state index is 13.1. The SMILES string of the molecule is O=C(c1nccc2ccccc12)N1CCC(c2cc(COc3ccccc3Cl)[nH]n2)C1. The summed E-state index contributed by atoms with van der Waals surface area (Å²) in [5.41, 5.74) is 2.32. The van der Waals surface area contributed by atoms with Crippen LogP contribution in [0.15, 0.2) is 66.9 Å². The lowest BCUT2D eigenvalue weighted by Crippen LogP contribution is -2.29. The molecule has 1 unspecified atom stereocenters. The fraction of sp³-hybridized carbons (Fsp3) is 0.208. The van der Waals surface area contributed by atoms with Crippen molar-refractivity contribution in [1.29, 1.82) is 0 Å². The molecule has 0 bridgehead atoms. The van der Waals surface area contributed by atoms with Gasteiger partial charge in [-0.2, -0.15) is 5.10 Å². The van der Waals surface area contributed by atoms with Crippen molar-refractivity contribution < 1.29 is 9.53 Å². The Morgan fingerprint density at radius 1 is 1.16 bits per heavy atom. The van der Waals surface area contributed by atoms with E-state index >= 15 is 0 Å². The van der Waals surface area contributed by atoms with E-state index in [-0.39, 0.29) is 11.8 Å². The third kappa shape index (κ3) is 3.99. The van der Waals surface area contributed by atoms with Crippen LogP contribution in [0.4, 0.5) is 0 Å². The largest absolute Gasteiger partial charge is 0.486 e. The van der Waals surface area contributed by atoms with Crippen LogP contribution in [0.25, 0.3) is 10.8 Å². The normalized spacial score (nSPS) is 16.0. The first-order valence-corrected chi connectivity index (χ1v) is 10.6. The number of nitrogens with zero attached hydrogens (tertiary/aromatic N) is 3. The van der Waals surface area contributed by atoms with Gasteiger partial charge in [0.1, 0.15) is 18.1 Å². The molecule has 0 saturated carbocycles. The molecule has 2 aromatic heterocycles. The molecule has 6 nitrogen and oxygen atoms in total. The fourth-order valence-electron chi connectivity index (χ4n) is 4.01. The molecule has 0 spiro atoms. The number of benzene rings is 2. The number of hydrogen-bond acceptors (Lipinski definition) is 4. The molecule has 1 amide bonds. The van der Waals surface area contributed by atoms with Gasteiger partial charge in [0.05, 0.1) is 16.4 Å². The molecule has 1 fully saturated rings. The van der Waals surface area contributed by atoms with Crippen LogP contribution in [-0.2, 0) is 6.61 Å². The van der Waals surface area contributed by atoms with Gasteiger partial charge < -0.3 is 9.64 Å². The lowest BCUT2D eigenvalue weighted by Gasteiger charge is -2.16. The lowest BCUT2D eigenvalue weighted by molar-refractivity contribution is 0.0787. The molecule has 3 heterocycles. The number of likely N-dealkylation sites (tertiary alicyclic amines) is 1. The molecule has 31 heavy (non-hydrogen) atoms. The van der Waals surface area contributed by atoms with Gasteiger partial charge in [0, 0.05) is 30.6 Å².